The van der Waals surface area contributed by atoms with E-state index in [1.165, 1.54) is 37.7 Å². The summed E-state index contributed by atoms with van der Waals surface area (Å²) in [6.45, 7) is 4.68. The SMILES string of the molecule is CC1(C)c2ccccc2-c2ccc(N(c3ccccc3)c3cccc(Sc4ccccc4)c3)cc21. The second kappa shape index (κ2) is 8.79. The number of rotatable bonds is 5. The van der Waals surface area contributed by atoms with E-state index in [4.69, 9.17) is 0 Å². The first-order valence-electron chi connectivity index (χ1n) is 12.0. The third-order valence-corrected chi connectivity index (χ3v) is 7.89. The van der Waals surface area contributed by atoms with Crippen molar-refractivity contribution in [3.05, 3.63) is 139 Å². The largest absolute Gasteiger partial charge is 0.310 e. The number of nitrogens with zero attached hydrogens (tertiary/aromatic N) is 1. The monoisotopic (exact) mass is 469 g/mol. The highest BCUT2D eigenvalue weighted by Gasteiger charge is 2.35. The van der Waals surface area contributed by atoms with Crippen LogP contribution in [0.1, 0.15) is 25.0 Å². The molecule has 0 aliphatic heterocycles. The molecule has 0 heterocycles. The Morgan fingerprint density at radius 1 is 0.486 bits per heavy atom. The van der Waals surface area contributed by atoms with Crippen molar-refractivity contribution in [2.75, 3.05) is 4.90 Å². The second-order valence-corrected chi connectivity index (χ2v) is 10.6. The van der Waals surface area contributed by atoms with Gasteiger partial charge in [0.15, 0.2) is 0 Å². The maximum Gasteiger partial charge on any atom is 0.0472 e. The van der Waals surface area contributed by atoms with Gasteiger partial charge in [-0.1, -0.05) is 98.4 Å². The highest BCUT2D eigenvalue weighted by Crippen LogP contribution is 2.50. The predicted molar refractivity (Wildman–Crippen MR) is 149 cm³/mol. The Morgan fingerprint density at radius 2 is 1.09 bits per heavy atom. The fraction of sp³-hybridized carbons (Fsp3) is 0.0909. The van der Waals surface area contributed by atoms with E-state index in [1.807, 2.05) is 0 Å². The van der Waals surface area contributed by atoms with Crippen LogP contribution in [-0.2, 0) is 5.41 Å². The van der Waals surface area contributed by atoms with E-state index in [-0.39, 0.29) is 5.41 Å². The van der Waals surface area contributed by atoms with E-state index in [0.29, 0.717) is 0 Å². The van der Waals surface area contributed by atoms with Crippen molar-refractivity contribution in [2.24, 2.45) is 0 Å². The number of anilines is 3. The first kappa shape index (κ1) is 21.8. The Kier molecular flexibility index (Phi) is 5.47. The predicted octanol–water partition coefficient (Wildman–Crippen LogP) is 9.61. The molecule has 6 rings (SSSR count). The topological polar surface area (TPSA) is 3.24 Å². The van der Waals surface area contributed by atoms with E-state index in [2.05, 4.69) is 146 Å². The van der Waals surface area contributed by atoms with Crippen LogP contribution in [-0.4, -0.2) is 0 Å². The molecule has 5 aromatic carbocycles. The number of para-hydroxylation sites is 1. The summed E-state index contributed by atoms with van der Waals surface area (Å²) in [7, 11) is 0. The van der Waals surface area contributed by atoms with Gasteiger partial charge >= 0.3 is 0 Å². The van der Waals surface area contributed by atoms with Gasteiger partial charge in [-0.25, -0.2) is 0 Å². The zero-order chi connectivity index (χ0) is 23.8. The van der Waals surface area contributed by atoms with E-state index in [0.717, 1.165) is 11.4 Å². The van der Waals surface area contributed by atoms with Crippen molar-refractivity contribution in [1.82, 2.24) is 0 Å². The Labute approximate surface area is 212 Å². The minimum absolute atomic E-state index is 0.0324. The summed E-state index contributed by atoms with van der Waals surface area (Å²) in [6, 6.07) is 45.8. The summed E-state index contributed by atoms with van der Waals surface area (Å²) < 4.78 is 0. The molecule has 0 aromatic heterocycles. The fourth-order valence-electron chi connectivity index (χ4n) is 5.17. The fourth-order valence-corrected chi connectivity index (χ4v) is 6.06. The van der Waals surface area contributed by atoms with Gasteiger partial charge in [-0.3, -0.25) is 0 Å². The summed E-state index contributed by atoms with van der Waals surface area (Å²) in [4.78, 5) is 4.84. The quantitative estimate of drug-likeness (QED) is 0.252. The van der Waals surface area contributed by atoms with E-state index < -0.39 is 0 Å². The highest BCUT2D eigenvalue weighted by atomic mass is 32.2. The zero-order valence-corrected chi connectivity index (χ0v) is 20.8. The molecule has 35 heavy (non-hydrogen) atoms. The average Bonchev–Trinajstić information content (AvgIpc) is 3.12. The third-order valence-electron chi connectivity index (χ3n) is 6.89. The van der Waals surface area contributed by atoms with Crippen LogP contribution in [0.25, 0.3) is 11.1 Å². The lowest BCUT2D eigenvalue weighted by Crippen LogP contribution is -2.16. The summed E-state index contributed by atoms with van der Waals surface area (Å²) in [5, 5.41) is 0. The lowest BCUT2D eigenvalue weighted by Gasteiger charge is -2.28. The first-order valence-corrected chi connectivity index (χ1v) is 12.9. The molecule has 0 bridgehead atoms. The Morgan fingerprint density at radius 3 is 1.89 bits per heavy atom. The van der Waals surface area contributed by atoms with Gasteiger partial charge in [0.2, 0.25) is 0 Å². The van der Waals surface area contributed by atoms with Crippen LogP contribution in [0.3, 0.4) is 0 Å². The van der Waals surface area contributed by atoms with Crippen LogP contribution in [0.4, 0.5) is 17.1 Å². The molecule has 1 aliphatic rings. The molecule has 0 fully saturated rings. The molecule has 0 saturated heterocycles. The highest BCUT2D eigenvalue weighted by molar-refractivity contribution is 7.99. The smallest absolute Gasteiger partial charge is 0.0472 e. The van der Waals surface area contributed by atoms with Crippen LogP contribution < -0.4 is 4.90 Å². The molecule has 1 nitrogen and oxygen atoms in total. The maximum absolute atomic E-state index is 2.39. The zero-order valence-electron chi connectivity index (χ0n) is 20.0. The van der Waals surface area contributed by atoms with Crippen LogP contribution in [0.2, 0.25) is 0 Å². The van der Waals surface area contributed by atoms with Crippen LogP contribution in [0.15, 0.2) is 137 Å². The number of hydrogen-bond acceptors (Lipinski definition) is 2. The molecule has 0 amide bonds. The lowest BCUT2D eigenvalue weighted by molar-refractivity contribution is 0.660. The first-order chi connectivity index (χ1) is 17.1. The summed E-state index contributed by atoms with van der Waals surface area (Å²) >= 11 is 1.79. The second-order valence-electron chi connectivity index (χ2n) is 9.48. The van der Waals surface area contributed by atoms with Crippen LogP contribution >= 0.6 is 11.8 Å². The van der Waals surface area contributed by atoms with Crippen molar-refractivity contribution >= 4 is 28.8 Å². The molecule has 0 saturated carbocycles. The van der Waals surface area contributed by atoms with Gasteiger partial charge in [0, 0.05) is 32.3 Å². The molecule has 0 atom stereocenters. The molecule has 0 spiro atoms. The number of benzene rings is 5. The molecular formula is C33H27NS. The standard InChI is InChI=1S/C33H27NS/c1-33(2)31-19-10-9-18-29(31)30-21-20-26(23-32(30)33)34(24-12-5-3-6-13-24)25-14-11-17-28(22-25)35-27-15-7-4-8-16-27/h3-23H,1-2H3. The molecule has 2 heteroatoms. The van der Waals surface area contributed by atoms with Gasteiger partial charge in [0.05, 0.1) is 0 Å². The van der Waals surface area contributed by atoms with Gasteiger partial charge in [-0.05, 0) is 76.9 Å². The van der Waals surface area contributed by atoms with Crippen molar-refractivity contribution in [2.45, 2.75) is 29.1 Å². The molecular weight excluding hydrogens is 442 g/mol. The maximum atomic E-state index is 2.39. The normalized spacial score (nSPS) is 13.2. The average molecular weight is 470 g/mol. The molecule has 170 valence electrons. The van der Waals surface area contributed by atoms with Gasteiger partial charge in [-0.15, -0.1) is 0 Å². The van der Waals surface area contributed by atoms with Crippen LogP contribution in [0.5, 0.6) is 0 Å². The van der Waals surface area contributed by atoms with Gasteiger partial charge in [0.25, 0.3) is 0 Å². The number of fused-ring (bicyclic) bond motifs is 3. The van der Waals surface area contributed by atoms with Crippen molar-refractivity contribution < 1.29 is 0 Å². The summed E-state index contributed by atoms with van der Waals surface area (Å²) in [5.74, 6) is 0. The third kappa shape index (κ3) is 3.94. The molecule has 1 aliphatic carbocycles. The minimum Gasteiger partial charge on any atom is -0.310 e. The van der Waals surface area contributed by atoms with Crippen molar-refractivity contribution in [1.29, 1.82) is 0 Å². The summed E-state index contributed by atoms with van der Waals surface area (Å²) in [6.07, 6.45) is 0. The Bertz CT molecular complexity index is 1490. The van der Waals surface area contributed by atoms with E-state index >= 15 is 0 Å². The van der Waals surface area contributed by atoms with E-state index in [1.54, 1.807) is 11.8 Å². The van der Waals surface area contributed by atoms with Crippen molar-refractivity contribution in [3.63, 3.8) is 0 Å². The lowest BCUT2D eigenvalue weighted by atomic mass is 9.82. The molecule has 0 unspecified atom stereocenters. The Balaban J connectivity index is 1.46. The van der Waals surface area contributed by atoms with Gasteiger partial charge in [-0.2, -0.15) is 0 Å². The van der Waals surface area contributed by atoms with Gasteiger partial charge < -0.3 is 4.90 Å². The van der Waals surface area contributed by atoms with Gasteiger partial charge in [0.1, 0.15) is 0 Å². The van der Waals surface area contributed by atoms with Crippen LogP contribution in [0, 0.1) is 0 Å². The molecule has 0 radical (unpaired) electrons. The molecule has 0 N–H and O–H groups in total. The Hall–Kier alpha value is -3.75. The van der Waals surface area contributed by atoms with E-state index in [9.17, 15) is 0 Å². The number of hydrogen-bond donors (Lipinski definition) is 0. The minimum atomic E-state index is -0.0324. The summed E-state index contributed by atoms with van der Waals surface area (Å²) in [5.41, 5.74) is 8.94. The van der Waals surface area contributed by atoms with Crippen molar-refractivity contribution in [3.8, 4) is 11.1 Å². The molecule has 5 aromatic rings.